The molecule has 0 aromatic rings. The van der Waals surface area contributed by atoms with Crippen LogP contribution in [-0.2, 0) is 0 Å². The van der Waals surface area contributed by atoms with Gasteiger partial charge in [0.25, 0.3) is 0 Å². The van der Waals surface area contributed by atoms with Gasteiger partial charge < -0.3 is 4.90 Å². The summed E-state index contributed by atoms with van der Waals surface area (Å²) in [5, 5.41) is 0. The van der Waals surface area contributed by atoms with Gasteiger partial charge in [-0.05, 0) is 31.7 Å². The van der Waals surface area contributed by atoms with Crippen LogP contribution in [0.5, 0.6) is 0 Å². The van der Waals surface area contributed by atoms with Crippen LogP contribution in [0.3, 0.4) is 0 Å². The van der Waals surface area contributed by atoms with Crippen LogP contribution < -0.4 is 0 Å². The first-order chi connectivity index (χ1) is 6.83. The SMILES string of the molecule is CN1CC2CN(C3CCCC3)CC2C1. The average molecular weight is 194 g/mol. The maximum atomic E-state index is 2.80. The van der Waals surface area contributed by atoms with Crippen LogP contribution in [0, 0.1) is 11.8 Å². The summed E-state index contributed by atoms with van der Waals surface area (Å²) >= 11 is 0. The van der Waals surface area contributed by atoms with Gasteiger partial charge in [0.2, 0.25) is 0 Å². The minimum atomic E-state index is 0.964. The monoisotopic (exact) mass is 194 g/mol. The molecule has 80 valence electrons. The van der Waals surface area contributed by atoms with E-state index in [2.05, 4.69) is 16.8 Å². The lowest BCUT2D eigenvalue weighted by molar-refractivity contribution is 0.213. The molecule has 2 heterocycles. The first-order valence-corrected chi connectivity index (χ1v) is 6.25. The van der Waals surface area contributed by atoms with Crippen LogP contribution in [0.2, 0.25) is 0 Å². The van der Waals surface area contributed by atoms with Crippen LogP contribution in [0.15, 0.2) is 0 Å². The molecule has 2 atom stereocenters. The highest BCUT2D eigenvalue weighted by Gasteiger charge is 2.40. The second-order valence-electron chi connectivity index (χ2n) is 5.63. The molecule has 3 aliphatic rings. The highest BCUT2D eigenvalue weighted by molar-refractivity contribution is 4.94. The van der Waals surface area contributed by atoms with E-state index in [0.717, 1.165) is 17.9 Å². The molecule has 0 radical (unpaired) electrons. The number of nitrogens with zero attached hydrogens (tertiary/aromatic N) is 2. The van der Waals surface area contributed by atoms with Crippen molar-refractivity contribution >= 4 is 0 Å². The van der Waals surface area contributed by atoms with E-state index >= 15 is 0 Å². The van der Waals surface area contributed by atoms with Gasteiger partial charge in [-0.2, -0.15) is 0 Å². The van der Waals surface area contributed by atoms with E-state index in [4.69, 9.17) is 0 Å². The number of hydrogen-bond donors (Lipinski definition) is 0. The Bertz CT molecular complexity index is 196. The summed E-state index contributed by atoms with van der Waals surface area (Å²) < 4.78 is 0. The molecule has 2 nitrogen and oxygen atoms in total. The molecule has 3 fully saturated rings. The molecule has 14 heavy (non-hydrogen) atoms. The van der Waals surface area contributed by atoms with Crippen LogP contribution in [0.4, 0.5) is 0 Å². The third-order valence-corrected chi connectivity index (χ3v) is 4.54. The van der Waals surface area contributed by atoms with Gasteiger partial charge >= 0.3 is 0 Å². The normalized spacial score (nSPS) is 40.9. The van der Waals surface area contributed by atoms with Crippen LogP contribution in [0.1, 0.15) is 25.7 Å². The van der Waals surface area contributed by atoms with E-state index in [1.54, 1.807) is 0 Å². The highest BCUT2D eigenvalue weighted by atomic mass is 15.2. The maximum absolute atomic E-state index is 2.80. The zero-order chi connectivity index (χ0) is 9.54. The van der Waals surface area contributed by atoms with E-state index in [-0.39, 0.29) is 0 Å². The lowest BCUT2D eigenvalue weighted by atomic mass is 10.0. The molecule has 2 saturated heterocycles. The molecular weight excluding hydrogens is 172 g/mol. The minimum absolute atomic E-state index is 0.964. The van der Waals surface area contributed by atoms with Crippen molar-refractivity contribution in [3.8, 4) is 0 Å². The Kier molecular flexibility index (Phi) is 2.29. The van der Waals surface area contributed by atoms with Crippen molar-refractivity contribution in [3.63, 3.8) is 0 Å². The van der Waals surface area contributed by atoms with E-state index in [1.807, 2.05) is 0 Å². The number of hydrogen-bond acceptors (Lipinski definition) is 2. The van der Waals surface area contributed by atoms with Crippen molar-refractivity contribution in [1.82, 2.24) is 9.80 Å². The molecule has 0 amide bonds. The number of fused-ring (bicyclic) bond motifs is 1. The molecule has 2 heteroatoms. The first kappa shape index (κ1) is 9.17. The molecule has 2 unspecified atom stereocenters. The quantitative estimate of drug-likeness (QED) is 0.623. The number of rotatable bonds is 1. The Morgan fingerprint density at radius 3 is 2.00 bits per heavy atom. The topological polar surface area (TPSA) is 6.48 Å². The van der Waals surface area contributed by atoms with Gasteiger partial charge in [-0.3, -0.25) is 4.90 Å². The molecule has 1 aliphatic carbocycles. The second-order valence-corrected chi connectivity index (χ2v) is 5.63. The van der Waals surface area contributed by atoms with Crippen molar-refractivity contribution in [2.75, 3.05) is 33.2 Å². The predicted octanol–water partition coefficient (Wildman–Crippen LogP) is 1.42. The van der Waals surface area contributed by atoms with Gasteiger partial charge in [0.1, 0.15) is 0 Å². The molecule has 0 N–H and O–H groups in total. The third-order valence-electron chi connectivity index (χ3n) is 4.54. The fourth-order valence-corrected chi connectivity index (χ4v) is 3.83. The van der Waals surface area contributed by atoms with Gasteiger partial charge in [0.15, 0.2) is 0 Å². The van der Waals surface area contributed by atoms with Gasteiger partial charge in [-0.15, -0.1) is 0 Å². The first-order valence-electron chi connectivity index (χ1n) is 6.25. The largest absolute Gasteiger partial charge is 0.306 e. The van der Waals surface area contributed by atoms with E-state index < -0.39 is 0 Å². The van der Waals surface area contributed by atoms with Crippen molar-refractivity contribution in [1.29, 1.82) is 0 Å². The zero-order valence-electron chi connectivity index (χ0n) is 9.28. The van der Waals surface area contributed by atoms with Crippen molar-refractivity contribution in [2.24, 2.45) is 11.8 Å². The molecule has 0 aromatic heterocycles. The summed E-state index contributed by atoms with van der Waals surface area (Å²) in [5.74, 6) is 2.00. The van der Waals surface area contributed by atoms with Crippen molar-refractivity contribution in [3.05, 3.63) is 0 Å². The Morgan fingerprint density at radius 1 is 0.857 bits per heavy atom. The zero-order valence-corrected chi connectivity index (χ0v) is 9.28. The molecule has 0 bridgehead atoms. The maximum Gasteiger partial charge on any atom is 0.00955 e. The fourth-order valence-electron chi connectivity index (χ4n) is 3.83. The summed E-state index contributed by atoms with van der Waals surface area (Å²) in [6.07, 6.45) is 5.93. The van der Waals surface area contributed by atoms with Crippen molar-refractivity contribution in [2.45, 2.75) is 31.7 Å². The highest BCUT2D eigenvalue weighted by Crippen LogP contribution is 2.34. The summed E-state index contributed by atoms with van der Waals surface area (Å²) in [5.41, 5.74) is 0. The second kappa shape index (κ2) is 3.49. The molecule has 2 aliphatic heterocycles. The van der Waals surface area contributed by atoms with Crippen molar-refractivity contribution < 1.29 is 0 Å². The van der Waals surface area contributed by atoms with Gasteiger partial charge in [0, 0.05) is 32.2 Å². The fraction of sp³-hybridized carbons (Fsp3) is 1.00. The van der Waals surface area contributed by atoms with Crippen LogP contribution >= 0.6 is 0 Å². The number of likely N-dealkylation sites (tertiary alicyclic amines) is 2. The van der Waals surface area contributed by atoms with Crippen LogP contribution in [0.25, 0.3) is 0 Å². The molecule has 0 spiro atoms. The van der Waals surface area contributed by atoms with E-state index in [9.17, 15) is 0 Å². The van der Waals surface area contributed by atoms with Gasteiger partial charge in [0.05, 0.1) is 0 Å². The third kappa shape index (κ3) is 1.49. The summed E-state index contributed by atoms with van der Waals surface area (Å²) in [6.45, 7) is 5.52. The lowest BCUT2D eigenvalue weighted by Gasteiger charge is -2.25. The van der Waals surface area contributed by atoms with Gasteiger partial charge in [-0.25, -0.2) is 0 Å². The Morgan fingerprint density at radius 2 is 1.43 bits per heavy atom. The standard InChI is InChI=1S/C12H22N2/c1-13-6-10-8-14(9-11(10)7-13)12-4-2-3-5-12/h10-12H,2-9H2,1H3. The van der Waals surface area contributed by atoms with Crippen LogP contribution in [-0.4, -0.2) is 49.1 Å². The van der Waals surface area contributed by atoms with E-state index in [0.29, 0.717) is 0 Å². The van der Waals surface area contributed by atoms with Gasteiger partial charge in [-0.1, -0.05) is 12.8 Å². The molecular formula is C12H22N2. The summed E-state index contributed by atoms with van der Waals surface area (Å²) in [6, 6.07) is 0.964. The summed E-state index contributed by atoms with van der Waals surface area (Å²) in [4.78, 5) is 5.32. The van der Waals surface area contributed by atoms with E-state index in [1.165, 1.54) is 51.9 Å². The Hall–Kier alpha value is -0.0800. The molecule has 0 aromatic carbocycles. The minimum Gasteiger partial charge on any atom is -0.306 e. The smallest absolute Gasteiger partial charge is 0.00955 e. The lowest BCUT2D eigenvalue weighted by Crippen LogP contribution is -2.34. The molecule has 1 saturated carbocycles. The summed E-state index contributed by atoms with van der Waals surface area (Å²) in [7, 11) is 2.28. The Balaban J connectivity index is 1.60. The Labute approximate surface area is 87.3 Å². The molecule has 3 rings (SSSR count). The predicted molar refractivity (Wildman–Crippen MR) is 58.3 cm³/mol. The average Bonchev–Trinajstić information content (AvgIpc) is 2.74.